The SMILES string of the molecule is C[C@]1(O)C(N2CCOCC2)=C[C@@H]2CCCC[C@@]21[N+](=O)[O-]. The lowest BCUT2D eigenvalue weighted by Gasteiger charge is -2.42. The predicted molar refractivity (Wildman–Crippen MR) is 72.8 cm³/mol. The highest BCUT2D eigenvalue weighted by molar-refractivity contribution is 5.33. The zero-order valence-corrected chi connectivity index (χ0v) is 11.9. The summed E-state index contributed by atoms with van der Waals surface area (Å²) in [6.07, 6.45) is 5.04. The molecule has 0 amide bonds. The molecule has 0 aromatic heterocycles. The number of fused-ring (bicyclic) bond motifs is 1. The minimum atomic E-state index is -1.39. The van der Waals surface area contributed by atoms with Gasteiger partial charge in [-0.3, -0.25) is 10.1 Å². The molecule has 3 aliphatic rings. The van der Waals surface area contributed by atoms with Crippen LogP contribution in [0.1, 0.15) is 32.6 Å². The Kier molecular flexibility index (Phi) is 3.25. The molecule has 3 atom stereocenters. The molecule has 20 heavy (non-hydrogen) atoms. The zero-order chi connectivity index (χ0) is 14.4. The molecule has 3 rings (SSSR count). The number of morpholine rings is 1. The normalized spacial score (nSPS) is 41.2. The zero-order valence-electron chi connectivity index (χ0n) is 11.9. The van der Waals surface area contributed by atoms with Crippen molar-refractivity contribution in [3.05, 3.63) is 21.9 Å². The van der Waals surface area contributed by atoms with Crippen molar-refractivity contribution in [2.24, 2.45) is 5.92 Å². The van der Waals surface area contributed by atoms with E-state index in [0.717, 1.165) is 25.0 Å². The van der Waals surface area contributed by atoms with Gasteiger partial charge in [0.1, 0.15) is 0 Å². The summed E-state index contributed by atoms with van der Waals surface area (Å²) in [6.45, 7) is 4.25. The van der Waals surface area contributed by atoms with Crippen molar-refractivity contribution in [3.63, 3.8) is 0 Å². The Bertz CT molecular complexity index is 442. The van der Waals surface area contributed by atoms with Crippen LogP contribution in [0, 0.1) is 16.0 Å². The van der Waals surface area contributed by atoms with Gasteiger partial charge < -0.3 is 14.7 Å². The lowest BCUT2D eigenvalue weighted by molar-refractivity contribution is -0.601. The van der Waals surface area contributed by atoms with Crippen molar-refractivity contribution in [1.29, 1.82) is 0 Å². The van der Waals surface area contributed by atoms with E-state index < -0.39 is 11.1 Å². The highest BCUT2D eigenvalue weighted by Crippen LogP contribution is 2.53. The van der Waals surface area contributed by atoms with Crippen molar-refractivity contribution in [2.75, 3.05) is 26.3 Å². The molecule has 1 aliphatic heterocycles. The van der Waals surface area contributed by atoms with Gasteiger partial charge in [-0.25, -0.2) is 0 Å². The number of nitro groups is 1. The van der Waals surface area contributed by atoms with E-state index in [1.54, 1.807) is 6.92 Å². The molecule has 1 saturated carbocycles. The molecular weight excluding hydrogens is 260 g/mol. The Morgan fingerprint density at radius 2 is 2.15 bits per heavy atom. The van der Waals surface area contributed by atoms with Crippen LogP contribution in [0.2, 0.25) is 0 Å². The van der Waals surface area contributed by atoms with Crippen LogP contribution in [0.3, 0.4) is 0 Å². The van der Waals surface area contributed by atoms with Gasteiger partial charge in [-0.15, -0.1) is 0 Å². The predicted octanol–water partition coefficient (Wildman–Crippen LogP) is 1.17. The molecule has 112 valence electrons. The number of nitrogens with zero attached hydrogens (tertiary/aromatic N) is 2. The van der Waals surface area contributed by atoms with Crippen LogP contribution in [0.25, 0.3) is 0 Å². The summed E-state index contributed by atoms with van der Waals surface area (Å²) in [4.78, 5) is 13.6. The molecule has 0 radical (unpaired) electrons. The fourth-order valence-corrected chi connectivity index (χ4v) is 4.21. The van der Waals surface area contributed by atoms with E-state index in [1.165, 1.54) is 0 Å². The van der Waals surface area contributed by atoms with Gasteiger partial charge >= 0.3 is 0 Å². The monoisotopic (exact) mass is 282 g/mol. The third-order valence-corrected chi connectivity index (χ3v) is 5.31. The summed E-state index contributed by atoms with van der Waals surface area (Å²) >= 11 is 0. The van der Waals surface area contributed by atoms with Crippen LogP contribution in [0.15, 0.2) is 11.8 Å². The van der Waals surface area contributed by atoms with Crippen molar-refractivity contribution >= 4 is 0 Å². The van der Waals surface area contributed by atoms with E-state index in [9.17, 15) is 15.2 Å². The van der Waals surface area contributed by atoms with E-state index in [2.05, 4.69) is 4.90 Å². The number of rotatable bonds is 2. The Morgan fingerprint density at radius 3 is 2.75 bits per heavy atom. The van der Waals surface area contributed by atoms with Crippen molar-refractivity contribution < 1.29 is 14.8 Å². The first-order valence-electron chi connectivity index (χ1n) is 7.42. The number of aliphatic hydroxyl groups is 1. The summed E-state index contributed by atoms with van der Waals surface area (Å²) in [7, 11) is 0. The first-order valence-corrected chi connectivity index (χ1v) is 7.42. The molecule has 1 N–H and O–H groups in total. The molecule has 6 nitrogen and oxygen atoms in total. The quantitative estimate of drug-likeness (QED) is 0.608. The van der Waals surface area contributed by atoms with Gasteiger partial charge in [-0.2, -0.15) is 0 Å². The maximum atomic E-state index is 11.8. The maximum Gasteiger partial charge on any atom is 0.261 e. The number of hydrogen-bond acceptors (Lipinski definition) is 5. The van der Waals surface area contributed by atoms with Gasteiger partial charge in [-0.1, -0.05) is 12.5 Å². The van der Waals surface area contributed by atoms with E-state index in [1.807, 2.05) is 6.08 Å². The first kappa shape index (κ1) is 13.8. The van der Waals surface area contributed by atoms with Gasteiger partial charge in [0.15, 0.2) is 5.60 Å². The second-order valence-electron chi connectivity index (χ2n) is 6.26. The fraction of sp³-hybridized carbons (Fsp3) is 0.857. The average molecular weight is 282 g/mol. The smallest absolute Gasteiger partial charge is 0.261 e. The Balaban J connectivity index is 1.98. The summed E-state index contributed by atoms with van der Waals surface area (Å²) in [5.74, 6) is -0.154. The molecule has 0 aromatic carbocycles. The summed E-state index contributed by atoms with van der Waals surface area (Å²) < 4.78 is 5.33. The molecule has 2 fully saturated rings. The van der Waals surface area contributed by atoms with Gasteiger partial charge in [0.05, 0.1) is 19.1 Å². The summed E-state index contributed by atoms with van der Waals surface area (Å²) in [5.41, 5.74) is -1.89. The lowest BCUT2D eigenvalue weighted by Crippen LogP contribution is -2.62. The minimum Gasteiger partial charge on any atom is -0.378 e. The van der Waals surface area contributed by atoms with E-state index in [-0.39, 0.29) is 10.8 Å². The van der Waals surface area contributed by atoms with Crippen molar-refractivity contribution in [1.82, 2.24) is 4.90 Å². The van der Waals surface area contributed by atoms with Crippen molar-refractivity contribution in [3.8, 4) is 0 Å². The van der Waals surface area contributed by atoms with Crippen molar-refractivity contribution in [2.45, 2.75) is 43.7 Å². The topological polar surface area (TPSA) is 75.8 Å². The van der Waals surface area contributed by atoms with Crippen LogP contribution in [0.5, 0.6) is 0 Å². The summed E-state index contributed by atoms with van der Waals surface area (Å²) in [5, 5.41) is 22.8. The molecule has 0 aromatic rings. The molecule has 6 heteroatoms. The van der Waals surface area contributed by atoms with Crippen LogP contribution in [-0.2, 0) is 4.74 Å². The highest BCUT2D eigenvalue weighted by Gasteiger charge is 2.68. The van der Waals surface area contributed by atoms with Crippen LogP contribution >= 0.6 is 0 Å². The third kappa shape index (κ3) is 1.71. The molecule has 0 unspecified atom stereocenters. The number of hydrogen-bond donors (Lipinski definition) is 1. The average Bonchev–Trinajstić information content (AvgIpc) is 2.69. The van der Waals surface area contributed by atoms with E-state index >= 15 is 0 Å². The highest BCUT2D eigenvalue weighted by atomic mass is 16.6. The number of ether oxygens (including phenoxy) is 1. The Labute approximate surface area is 118 Å². The maximum absolute atomic E-state index is 11.8. The van der Waals surface area contributed by atoms with Gasteiger partial charge in [-0.05, 0) is 19.8 Å². The van der Waals surface area contributed by atoms with Crippen LogP contribution in [-0.4, -0.2) is 52.4 Å². The fourth-order valence-electron chi connectivity index (χ4n) is 4.21. The molecule has 2 aliphatic carbocycles. The molecular formula is C14H22N2O4. The standard InChI is InChI=1S/C14H22N2O4/c1-13(17)12(15-6-8-20-9-7-15)10-11-4-2-3-5-14(11,13)16(18)19/h10-11,17H,2-9H2,1H3/t11-,13-,14+/m0/s1. The second-order valence-corrected chi connectivity index (χ2v) is 6.26. The van der Waals surface area contributed by atoms with Crippen LogP contribution in [0.4, 0.5) is 0 Å². The van der Waals surface area contributed by atoms with Gasteiger partial charge in [0, 0.05) is 30.1 Å². The van der Waals surface area contributed by atoms with Gasteiger partial charge in [0.25, 0.3) is 5.54 Å². The van der Waals surface area contributed by atoms with Gasteiger partial charge in [0.2, 0.25) is 0 Å². The summed E-state index contributed by atoms with van der Waals surface area (Å²) in [6, 6.07) is 0. The van der Waals surface area contributed by atoms with E-state index in [4.69, 9.17) is 4.74 Å². The lowest BCUT2D eigenvalue weighted by atomic mass is 9.68. The first-order chi connectivity index (χ1) is 9.50. The Hall–Kier alpha value is -1.14. The molecule has 0 bridgehead atoms. The molecule has 1 heterocycles. The second kappa shape index (κ2) is 4.70. The van der Waals surface area contributed by atoms with E-state index in [0.29, 0.717) is 32.7 Å². The molecule has 0 spiro atoms. The molecule has 1 saturated heterocycles. The third-order valence-electron chi connectivity index (χ3n) is 5.31. The van der Waals surface area contributed by atoms with Crippen LogP contribution < -0.4 is 0 Å². The largest absolute Gasteiger partial charge is 0.378 e. The minimum absolute atomic E-state index is 0.154. The Morgan fingerprint density at radius 1 is 1.45 bits per heavy atom.